The summed E-state index contributed by atoms with van der Waals surface area (Å²) in [5.41, 5.74) is 4.70. The molecule has 1 fully saturated rings. The van der Waals surface area contributed by atoms with E-state index in [0.717, 1.165) is 47.0 Å². The van der Waals surface area contributed by atoms with E-state index in [1.165, 1.54) is 6.42 Å². The number of rotatable bonds is 7. The van der Waals surface area contributed by atoms with Gasteiger partial charge in [0, 0.05) is 37.5 Å². The van der Waals surface area contributed by atoms with E-state index < -0.39 is 0 Å². The van der Waals surface area contributed by atoms with Gasteiger partial charge in [0.1, 0.15) is 12.3 Å². The summed E-state index contributed by atoms with van der Waals surface area (Å²) in [5.74, 6) is 2.22. The van der Waals surface area contributed by atoms with Crippen molar-refractivity contribution in [3.05, 3.63) is 54.6 Å². The van der Waals surface area contributed by atoms with E-state index in [2.05, 4.69) is 43.5 Å². The molecule has 5 aromatic rings. The summed E-state index contributed by atoms with van der Waals surface area (Å²) in [5, 5.41) is 16.9. The normalized spacial score (nSPS) is 16.3. The molecule has 0 saturated carbocycles. The van der Waals surface area contributed by atoms with Crippen molar-refractivity contribution in [2.24, 2.45) is 7.05 Å². The molecule has 0 radical (unpaired) electrons. The Kier molecular flexibility index (Phi) is 4.95. The molecule has 1 aliphatic rings. The molecule has 10 heteroatoms. The fourth-order valence-corrected chi connectivity index (χ4v) is 4.54. The lowest BCUT2D eigenvalue weighted by Gasteiger charge is -2.39. The molecule has 0 bridgehead atoms. The number of hydrogen-bond donors (Lipinski definition) is 1. The Morgan fingerprint density at radius 3 is 2.82 bits per heavy atom. The van der Waals surface area contributed by atoms with Gasteiger partial charge in [-0.05, 0) is 44.2 Å². The third-order valence-corrected chi connectivity index (χ3v) is 6.44. The van der Waals surface area contributed by atoms with E-state index in [0.29, 0.717) is 24.3 Å². The number of imidazole rings is 1. The highest BCUT2D eigenvalue weighted by Gasteiger charge is 2.27. The standard InChI is InChI=1S/C24H27N9O/c1-4-31-9-8-18(31)15-34-20-13-25-30(3)24(20)17-7-10-32-19(11-17)12-22(29-32)27-21-5-6-23-26-16(2)14-33(23)28-21/h5-7,10-14,18H,4,8-9,15H2,1-3H3,(H,27,28,29)/t18-/m1/s1. The van der Waals surface area contributed by atoms with Gasteiger partial charge in [0.2, 0.25) is 0 Å². The monoisotopic (exact) mass is 457 g/mol. The largest absolute Gasteiger partial charge is 0.488 e. The summed E-state index contributed by atoms with van der Waals surface area (Å²) >= 11 is 0. The first-order valence-electron chi connectivity index (χ1n) is 11.6. The Bertz CT molecular complexity index is 1480. The lowest BCUT2D eigenvalue weighted by atomic mass is 10.0. The van der Waals surface area contributed by atoms with E-state index in [1.54, 1.807) is 10.7 Å². The Labute approximate surface area is 196 Å². The highest BCUT2D eigenvalue weighted by atomic mass is 16.5. The van der Waals surface area contributed by atoms with Crippen molar-refractivity contribution < 1.29 is 4.74 Å². The fraction of sp³-hybridized carbons (Fsp3) is 0.333. The van der Waals surface area contributed by atoms with E-state index in [9.17, 15) is 0 Å². The highest BCUT2D eigenvalue weighted by Crippen LogP contribution is 2.31. The second-order valence-electron chi connectivity index (χ2n) is 8.71. The molecule has 6 heterocycles. The molecule has 1 saturated heterocycles. The van der Waals surface area contributed by atoms with E-state index in [4.69, 9.17) is 4.74 Å². The van der Waals surface area contributed by atoms with Crippen molar-refractivity contribution in [1.82, 2.24) is 38.9 Å². The Morgan fingerprint density at radius 2 is 2.00 bits per heavy atom. The van der Waals surface area contributed by atoms with Crippen LogP contribution in [0.1, 0.15) is 19.0 Å². The van der Waals surface area contributed by atoms with Crippen LogP contribution in [0.25, 0.3) is 22.4 Å². The third kappa shape index (κ3) is 3.65. The molecule has 174 valence electrons. The van der Waals surface area contributed by atoms with Crippen LogP contribution in [0.4, 0.5) is 11.6 Å². The SMILES string of the molecule is CCN1CC[C@@H]1COc1cnn(C)c1-c1ccn2nc(Nc3ccc4nc(C)cn4n3)cc2c1. The van der Waals surface area contributed by atoms with Gasteiger partial charge < -0.3 is 10.1 Å². The zero-order valence-electron chi connectivity index (χ0n) is 19.5. The number of pyridine rings is 1. The summed E-state index contributed by atoms with van der Waals surface area (Å²) < 4.78 is 11.7. The topological polar surface area (TPSA) is 89.8 Å². The smallest absolute Gasteiger partial charge is 0.165 e. The molecule has 0 amide bonds. The number of likely N-dealkylation sites (tertiary alicyclic amines) is 1. The number of likely N-dealkylation sites (N-methyl/N-ethyl adjacent to an activating group) is 1. The molecule has 0 spiro atoms. The molecule has 1 aliphatic heterocycles. The molecule has 34 heavy (non-hydrogen) atoms. The zero-order valence-corrected chi connectivity index (χ0v) is 19.5. The Hall–Kier alpha value is -3.92. The molecule has 10 nitrogen and oxygen atoms in total. The van der Waals surface area contributed by atoms with E-state index in [-0.39, 0.29) is 0 Å². The van der Waals surface area contributed by atoms with Crippen molar-refractivity contribution in [1.29, 1.82) is 0 Å². The van der Waals surface area contributed by atoms with Crippen LogP contribution in [0.3, 0.4) is 0 Å². The van der Waals surface area contributed by atoms with Crippen LogP contribution in [-0.2, 0) is 7.05 Å². The molecule has 1 N–H and O–H groups in total. The lowest BCUT2D eigenvalue weighted by Crippen LogP contribution is -2.50. The van der Waals surface area contributed by atoms with Crippen LogP contribution >= 0.6 is 0 Å². The van der Waals surface area contributed by atoms with Crippen molar-refractivity contribution in [3.8, 4) is 17.0 Å². The van der Waals surface area contributed by atoms with Gasteiger partial charge in [0.25, 0.3) is 0 Å². The van der Waals surface area contributed by atoms with Crippen molar-refractivity contribution in [3.63, 3.8) is 0 Å². The summed E-state index contributed by atoms with van der Waals surface area (Å²) in [6.07, 6.45) is 6.84. The van der Waals surface area contributed by atoms with E-state index >= 15 is 0 Å². The van der Waals surface area contributed by atoms with Crippen LogP contribution < -0.4 is 10.1 Å². The molecule has 1 atom stereocenters. The second-order valence-corrected chi connectivity index (χ2v) is 8.71. The average molecular weight is 458 g/mol. The first kappa shape index (κ1) is 20.7. The van der Waals surface area contributed by atoms with Crippen LogP contribution in [0.5, 0.6) is 5.75 Å². The second kappa shape index (κ2) is 8.14. The Morgan fingerprint density at radius 1 is 1.12 bits per heavy atom. The fourth-order valence-electron chi connectivity index (χ4n) is 4.54. The lowest BCUT2D eigenvalue weighted by molar-refractivity contribution is 0.0563. The van der Waals surface area contributed by atoms with Gasteiger partial charge in [-0.1, -0.05) is 6.92 Å². The molecular weight excluding hydrogens is 430 g/mol. The number of nitrogens with one attached hydrogen (secondary N) is 1. The summed E-state index contributed by atoms with van der Waals surface area (Å²) in [6.45, 7) is 7.05. The van der Waals surface area contributed by atoms with E-state index in [1.807, 2.05) is 59.8 Å². The quantitative estimate of drug-likeness (QED) is 0.401. The molecule has 5 aromatic heterocycles. The molecular formula is C24H27N9O. The predicted molar refractivity (Wildman–Crippen MR) is 130 cm³/mol. The molecule has 6 rings (SSSR count). The number of aryl methyl sites for hydroxylation is 2. The van der Waals surface area contributed by atoms with Crippen LogP contribution in [0, 0.1) is 6.92 Å². The van der Waals surface area contributed by atoms with Crippen molar-refractivity contribution in [2.75, 3.05) is 25.0 Å². The van der Waals surface area contributed by atoms with Gasteiger partial charge in [0.15, 0.2) is 23.0 Å². The number of nitrogens with zero attached hydrogens (tertiary/aromatic N) is 8. The number of ether oxygens (including phenoxy) is 1. The minimum absolute atomic E-state index is 0.489. The minimum Gasteiger partial charge on any atom is -0.488 e. The van der Waals surface area contributed by atoms with Gasteiger partial charge in [-0.2, -0.15) is 10.2 Å². The van der Waals surface area contributed by atoms with Crippen LogP contribution in [0.15, 0.2) is 48.9 Å². The third-order valence-electron chi connectivity index (χ3n) is 6.44. The molecule has 0 unspecified atom stereocenters. The number of aromatic nitrogens is 7. The zero-order chi connectivity index (χ0) is 23.2. The van der Waals surface area contributed by atoms with Gasteiger partial charge >= 0.3 is 0 Å². The summed E-state index contributed by atoms with van der Waals surface area (Å²) in [7, 11) is 1.94. The van der Waals surface area contributed by atoms with Gasteiger partial charge in [0.05, 0.1) is 23.6 Å². The molecule has 0 aliphatic carbocycles. The predicted octanol–water partition coefficient (Wildman–Crippen LogP) is 3.30. The Balaban J connectivity index is 1.24. The van der Waals surface area contributed by atoms with Gasteiger partial charge in [-0.25, -0.2) is 14.0 Å². The number of hydrogen-bond acceptors (Lipinski definition) is 7. The summed E-state index contributed by atoms with van der Waals surface area (Å²) in [6, 6.07) is 10.5. The van der Waals surface area contributed by atoms with Crippen LogP contribution in [-0.4, -0.2) is 64.6 Å². The van der Waals surface area contributed by atoms with Crippen LogP contribution in [0.2, 0.25) is 0 Å². The number of anilines is 2. The first-order chi connectivity index (χ1) is 16.6. The number of fused-ring (bicyclic) bond motifs is 2. The minimum atomic E-state index is 0.489. The van der Waals surface area contributed by atoms with Crippen molar-refractivity contribution >= 4 is 22.8 Å². The first-order valence-corrected chi connectivity index (χ1v) is 11.6. The van der Waals surface area contributed by atoms with Crippen molar-refractivity contribution in [2.45, 2.75) is 26.3 Å². The maximum Gasteiger partial charge on any atom is 0.165 e. The maximum absolute atomic E-state index is 6.21. The summed E-state index contributed by atoms with van der Waals surface area (Å²) in [4.78, 5) is 6.85. The highest BCUT2D eigenvalue weighted by molar-refractivity contribution is 5.72. The average Bonchev–Trinajstić information content (AvgIpc) is 3.48. The molecule has 0 aromatic carbocycles. The van der Waals surface area contributed by atoms with Gasteiger partial charge in [-0.3, -0.25) is 9.58 Å². The van der Waals surface area contributed by atoms with Gasteiger partial charge in [-0.15, -0.1) is 5.10 Å². The maximum atomic E-state index is 6.21.